The van der Waals surface area contributed by atoms with E-state index in [0.717, 1.165) is 0 Å². The van der Waals surface area contributed by atoms with E-state index in [0.29, 0.717) is 5.75 Å². The van der Waals surface area contributed by atoms with E-state index in [1.807, 2.05) is 0 Å². The SMILES string of the molecule is CCOP(=O)(Nc1ncnc2c1ncn2[C@@H]1O[C@H](COC(C)=O)[C@@H](OC(C)=O)[C@H]1OC(C)=O)Oc1ccccc1. The molecule has 16 heteroatoms. The molecule has 0 radical (unpaired) electrons. The quantitative estimate of drug-likeness (QED) is 0.200. The van der Waals surface area contributed by atoms with E-state index in [1.165, 1.54) is 38.0 Å². The van der Waals surface area contributed by atoms with Crippen LogP contribution in [0.1, 0.15) is 33.9 Å². The number of hydrogen-bond donors (Lipinski definition) is 1. The normalized spacial score (nSPS) is 21.8. The van der Waals surface area contributed by atoms with E-state index in [-0.39, 0.29) is 30.2 Å². The monoisotopic (exact) mass is 577 g/mol. The van der Waals surface area contributed by atoms with Crippen molar-refractivity contribution >= 4 is 42.6 Å². The summed E-state index contributed by atoms with van der Waals surface area (Å²) in [6.45, 7) is 5.05. The van der Waals surface area contributed by atoms with Gasteiger partial charge in [0.25, 0.3) is 0 Å². The molecular weight excluding hydrogens is 549 g/mol. The van der Waals surface area contributed by atoms with Crippen molar-refractivity contribution in [1.82, 2.24) is 19.5 Å². The van der Waals surface area contributed by atoms with Gasteiger partial charge in [0.05, 0.1) is 12.9 Å². The van der Waals surface area contributed by atoms with Crippen molar-refractivity contribution in [3.05, 3.63) is 43.0 Å². The Morgan fingerprint density at radius 3 is 2.35 bits per heavy atom. The molecule has 1 N–H and O–H groups in total. The number of benzene rings is 1. The molecule has 40 heavy (non-hydrogen) atoms. The number of fused-ring (bicyclic) bond motifs is 1. The van der Waals surface area contributed by atoms with Gasteiger partial charge in [0, 0.05) is 20.8 Å². The van der Waals surface area contributed by atoms with Crippen LogP contribution >= 0.6 is 7.75 Å². The summed E-state index contributed by atoms with van der Waals surface area (Å²) in [4.78, 5) is 48.0. The zero-order chi connectivity index (χ0) is 28.9. The van der Waals surface area contributed by atoms with Gasteiger partial charge in [0.15, 0.2) is 35.4 Å². The van der Waals surface area contributed by atoms with Gasteiger partial charge in [-0.3, -0.25) is 28.6 Å². The van der Waals surface area contributed by atoms with E-state index in [2.05, 4.69) is 20.0 Å². The first-order chi connectivity index (χ1) is 19.1. The molecule has 3 aromatic rings. The van der Waals surface area contributed by atoms with E-state index in [4.69, 9.17) is 28.0 Å². The second-order valence-corrected chi connectivity index (χ2v) is 10.2. The van der Waals surface area contributed by atoms with Crippen LogP contribution in [0, 0.1) is 0 Å². The van der Waals surface area contributed by atoms with Gasteiger partial charge < -0.3 is 23.5 Å². The third-order valence-corrected chi connectivity index (χ3v) is 7.02. The molecule has 3 heterocycles. The Labute approximate surface area is 228 Å². The molecule has 5 atom stereocenters. The largest absolute Gasteiger partial charge is 0.487 e. The molecule has 0 amide bonds. The lowest BCUT2D eigenvalue weighted by Crippen LogP contribution is -2.40. The molecule has 1 aliphatic rings. The first kappa shape index (κ1) is 28.9. The average molecular weight is 577 g/mol. The van der Waals surface area contributed by atoms with Gasteiger partial charge >= 0.3 is 25.7 Å². The second-order valence-electron chi connectivity index (χ2n) is 8.49. The number of ether oxygens (including phenoxy) is 4. The Hall–Kier alpha value is -4.07. The number of aromatic nitrogens is 4. The number of para-hydroxylation sites is 1. The van der Waals surface area contributed by atoms with Crippen LogP contribution in [0.25, 0.3) is 11.2 Å². The Morgan fingerprint density at radius 2 is 1.70 bits per heavy atom. The standard InChI is InChI=1S/C24H28N5O10P/c1-5-35-40(33,39-17-9-7-6-8-10-17)28-22-19-23(26-12-25-22)29(13-27-19)24-21(37-16(4)32)20(36-15(3)31)18(38-24)11-34-14(2)30/h6-10,12-13,18,20-21,24H,5,11H2,1-4H3,(H,25,26,28,33)/t18-,20-,21-,24-,40?/m1/s1. The minimum absolute atomic E-state index is 0.0338. The molecule has 2 aromatic heterocycles. The fourth-order valence-electron chi connectivity index (χ4n) is 4.04. The Balaban J connectivity index is 1.69. The summed E-state index contributed by atoms with van der Waals surface area (Å²) in [6.07, 6.45) is -1.80. The number of anilines is 1. The van der Waals surface area contributed by atoms with Gasteiger partial charge in [-0.05, 0) is 19.1 Å². The molecule has 0 spiro atoms. The van der Waals surface area contributed by atoms with Crippen molar-refractivity contribution < 1.29 is 46.9 Å². The fourth-order valence-corrected chi connectivity index (χ4v) is 5.36. The Morgan fingerprint density at radius 1 is 1.00 bits per heavy atom. The summed E-state index contributed by atoms with van der Waals surface area (Å²) in [5.41, 5.74) is 0.355. The number of nitrogens with one attached hydrogen (secondary N) is 1. The zero-order valence-electron chi connectivity index (χ0n) is 22.1. The third-order valence-electron chi connectivity index (χ3n) is 5.48. The van der Waals surface area contributed by atoms with Crippen LogP contribution in [0.3, 0.4) is 0 Å². The van der Waals surface area contributed by atoms with Gasteiger partial charge in [0.2, 0.25) is 0 Å². The van der Waals surface area contributed by atoms with Crippen molar-refractivity contribution in [3.8, 4) is 5.75 Å². The first-order valence-corrected chi connectivity index (χ1v) is 13.7. The van der Waals surface area contributed by atoms with Crippen molar-refractivity contribution in [2.24, 2.45) is 0 Å². The third kappa shape index (κ3) is 6.73. The molecule has 0 saturated carbocycles. The van der Waals surface area contributed by atoms with E-state index >= 15 is 0 Å². The topological polar surface area (TPSA) is 179 Å². The van der Waals surface area contributed by atoms with Gasteiger partial charge in [-0.25, -0.2) is 19.5 Å². The van der Waals surface area contributed by atoms with Crippen molar-refractivity contribution in [1.29, 1.82) is 0 Å². The van der Waals surface area contributed by atoms with Gasteiger partial charge in [0.1, 0.15) is 24.8 Å². The number of rotatable bonds is 11. The lowest BCUT2D eigenvalue weighted by atomic mass is 10.1. The lowest BCUT2D eigenvalue weighted by Gasteiger charge is -2.23. The maximum Gasteiger partial charge on any atom is 0.487 e. The lowest BCUT2D eigenvalue weighted by molar-refractivity contribution is -0.166. The van der Waals surface area contributed by atoms with Crippen LogP contribution < -0.4 is 9.61 Å². The van der Waals surface area contributed by atoms with Crippen LogP contribution in [-0.4, -0.2) is 69.0 Å². The number of hydrogen-bond acceptors (Lipinski definition) is 13. The molecule has 214 valence electrons. The molecule has 1 saturated heterocycles. The van der Waals surface area contributed by atoms with Crippen molar-refractivity contribution in [3.63, 3.8) is 0 Å². The number of imidazole rings is 1. The van der Waals surface area contributed by atoms with Crippen LogP contribution in [0.5, 0.6) is 5.75 Å². The summed E-state index contributed by atoms with van der Waals surface area (Å²) in [7, 11) is -3.96. The predicted octanol–water partition coefficient (Wildman–Crippen LogP) is 2.79. The van der Waals surface area contributed by atoms with Crippen molar-refractivity contribution in [2.45, 2.75) is 52.2 Å². The van der Waals surface area contributed by atoms with E-state index in [9.17, 15) is 18.9 Å². The van der Waals surface area contributed by atoms with Crippen LogP contribution in [-0.2, 0) is 42.4 Å². The summed E-state index contributed by atoms with van der Waals surface area (Å²) < 4.78 is 48.0. The first-order valence-electron chi connectivity index (χ1n) is 12.2. The molecular formula is C24H28N5O10P. The van der Waals surface area contributed by atoms with Gasteiger partial charge in [-0.15, -0.1) is 0 Å². The summed E-state index contributed by atoms with van der Waals surface area (Å²) in [5.74, 6) is -1.56. The Bertz CT molecular complexity index is 1420. The van der Waals surface area contributed by atoms with Crippen LogP contribution in [0.2, 0.25) is 0 Å². The summed E-state index contributed by atoms with van der Waals surface area (Å²) >= 11 is 0. The highest BCUT2D eigenvalue weighted by Gasteiger charge is 2.51. The molecule has 4 rings (SSSR count). The average Bonchev–Trinajstić information content (AvgIpc) is 3.45. The highest BCUT2D eigenvalue weighted by molar-refractivity contribution is 7.55. The number of carbonyl (C=O) groups excluding carboxylic acids is 3. The summed E-state index contributed by atoms with van der Waals surface area (Å²) in [6, 6.07) is 8.46. The minimum Gasteiger partial charge on any atom is -0.463 e. The minimum atomic E-state index is -3.96. The predicted molar refractivity (Wildman–Crippen MR) is 137 cm³/mol. The molecule has 1 unspecified atom stereocenters. The number of carbonyl (C=O) groups is 3. The smallest absolute Gasteiger partial charge is 0.463 e. The molecule has 1 aliphatic heterocycles. The Kier molecular flexibility index (Phi) is 8.97. The van der Waals surface area contributed by atoms with Gasteiger partial charge in [-0.1, -0.05) is 18.2 Å². The van der Waals surface area contributed by atoms with Crippen LogP contribution in [0.4, 0.5) is 5.82 Å². The van der Waals surface area contributed by atoms with E-state index < -0.39 is 50.2 Å². The number of esters is 3. The maximum atomic E-state index is 13.5. The highest BCUT2D eigenvalue weighted by Crippen LogP contribution is 2.48. The van der Waals surface area contributed by atoms with Crippen molar-refractivity contribution in [2.75, 3.05) is 18.3 Å². The molecule has 0 aliphatic carbocycles. The van der Waals surface area contributed by atoms with E-state index in [1.54, 1.807) is 37.3 Å². The molecule has 1 aromatic carbocycles. The number of nitrogens with zero attached hydrogens (tertiary/aromatic N) is 4. The van der Waals surface area contributed by atoms with Gasteiger partial charge in [-0.2, -0.15) is 0 Å². The zero-order valence-corrected chi connectivity index (χ0v) is 23.0. The highest BCUT2D eigenvalue weighted by atomic mass is 31.2. The fraction of sp³-hybridized carbons (Fsp3) is 0.417. The second kappa shape index (κ2) is 12.4. The molecule has 15 nitrogen and oxygen atoms in total. The maximum absolute atomic E-state index is 13.5. The van der Waals surface area contributed by atoms with Crippen LogP contribution in [0.15, 0.2) is 43.0 Å². The molecule has 0 bridgehead atoms. The molecule has 1 fully saturated rings. The summed E-state index contributed by atoms with van der Waals surface area (Å²) in [5, 5.41) is 2.70.